The van der Waals surface area contributed by atoms with Gasteiger partial charge in [-0.25, -0.2) is 9.59 Å². The number of benzene rings is 2. The van der Waals surface area contributed by atoms with Crippen LogP contribution in [0.15, 0.2) is 69.2 Å². The SMILES string of the molecule is CCOC(=O)c1ccc(N=NN2CN(CN3CN(N=Nc4ccc(C(=O)OCC)cc4)CC3(C)C)C(C)(C)C2)cc1. The molecule has 0 saturated carbocycles. The molecule has 2 aromatic rings. The van der Waals surface area contributed by atoms with Crippen molar-refractivity contribution < 1.29 is 19.1 Å². The molecule has 41 heavy (non-hydrogen) atoms. The molecule has 0 aliphatic carbocycles. The van der Waals surface area contributed by atoms with Crippen molar-refractivity contribution >= 4 is 23.3 Å². The zero-order valence-corrected chi connectivity index (χ0v) is 24.8. The van der Waals surface area contributed by atoms with Gasteiger partial charge in [0.05, 0.1) is 68.8 Å². The molecule has 2 fully saturated rings. The second kappa shape index (κ2) is 12.7. The molecule has 2 aliphatic rings. The van der Waals surface area contributed by atoms with E-state index in [0.29, 0.717) is 49.1 Å². The van der Waals surface area contributed by atoms with Gasteiger partial charge in [0.15, 0.2) is 0 Å². The van der Waals surface area contributed by atoms with Crippen molar-refractivity contribution in [2.24, 2.45) is 20.7 Å². The largest absolute Gasteiger partial charge is 0.462 e. The first kappa shape index (κ1) is 30.1. The summed E-state index contributed by atoms with van der Waals surface area (Å²) in [5.41, 5.74) is 2.11. The molecule has 0 unspecified atom stereocenters. The van der Waals surface area contributed by atoms with Gasteiger partial charge in [-0.2, -0.15) is 0 Å². The van der Waals surface area contributed by atoms with Gasteiger partial charge in [0.1, 0.15) is 0 Å². The molecular formula is C29H40N8O4. The standard InChI is InChI=1S/C29H40N8O4/c1-7-40-26(38)22-9-13-24(14-10-22)30-32-36-17-28(3,4)34(20-36)19-35-21-37(18-29(35,5)6)33-31-25-15-11-23(12-16-25)27(39)41-8-2/h9-16H,7-8,17-21H2,1-6H3. The van der Waals surface area contributed by atoms with Crippen LogP contribution in [0.3, 0.4) is 0 Å². The van der Waals surface area contributed by atoms with Crippen molar-refractivity contribution in [3.8, 4) is 0 Å². The predicted molar refractivity (Wildman–Crippen MR) is 154 cm³/mol. The van der Waals surface area contributed by atoms with Crippen LogP contribution in [-0.2, 0) is 9.47 Å². The highest BCUT2D eigenvalue weighted by molar-refractivity contribution is 5.90. The molecule has 0 radical (unpaired) electrons. The van der Waals surface area contributed by atoms with Crippen molar-refractivity contribution in [2.75, 3.05) is 46.3 Å². The van der Waals surface area contributed by atoms with Gasteiger partial charge < -0.3 is 9.47 Å². The van der Waals surface area contributed by atoms with E-state index in [1.165, 1.54) is 0 Å². The van der Waals surface area contributed by atoms with Gasteiger partial charge in [-0.15, -0.1) is 10.2 Å². The van der Waals surface area contributed by atoms with Gasteiger partial charge in [-0.3, -0.25) is 19.8 Å². The van der Waals surface area contributed by atoms with Gasteiger partial charge in [0, 0.05) is 11.1 Å². The van der Waals surface area contributed by atoms with Crippen LogP contribution in [0, 0.1) is 0 Å². The number of esters is 2. The number of ether oxygens (including phenoxy) is 2. The minimum absolute atomic E-state index is 0.113. The Labute approximate surface area is 241 Å². The van der Waals surface area contributed by atoms with Gasteiger partial charge >= 0.3 is 11.9 Å². The summed E-state index contributed by atoms with van der Waals surface area (Å²) in [5.74, 6) is -0.690. The van der Waals surface area contributed by atoms with Crippen LogP contribution in [0.25, 0.3) is 0 Å². The van der Waals surface area contributed by atoms with E-state index in [2.05, 4.69) is 58.2 Å². The lowest BCUT2D eigenvalue weighted by atomic mass is 10.0. The maximum Gasteiger partial charge on any atom is 0.338 e. The number of hydrogen-bond acceptors (Lipinski definition) is 10. The molecule has 2 heterocycles. The van der Waals surface area contributed by atoms with E-state index < -0.39 is 0 Å². The molecule has 0 amide bonds. The Hall–Kier alpha value is -3.90. The van der Waals surface area contributed by atoms with Gasteiger partial charge in [0.25, 0.3) is 0 Å². The summed E-state index contributed by atoms with van der Waals surface area (Å²) in [6, 6.07) is 13.8. The molecule has 12 nitrogen and oxygen atoms in total. The topological polar surface area (TPSA) is 115 Å². The molecule has 220 valence electrons. The average Bonchev–Trinajstić information content (AvgIpc) is 3.39. The van der Waals surface area contributed by atoms with Crippen LogP contribution in [0.5, 0.6) is 0 Å². The van der Waals surface area contributed by atoms with E-state index in [-0.39, 0.29) is 23.0 Å². The lowest BCUT2D eigenvalue weighted by Crippen LogP contribution is -2.51. The Kier molecular flexibility index (Phi) is 9.34. The Morgan fingerprint density at radius 2 is 1.05 bits per heavy atom. The molecule has 12 heteroatoms. The maximum atomic E-state index is 11.9. The molecule has 0 aromatic heterocycles. The molecule has 0 N–H and O–H groups in total. The molecule has 0 bridgehead atoms. The number of carbonyl (C=O) groups excluding carboxylic acids is 2. The second-order valence-electron chi connectivity index (χ2n) is 11.4. The molecule has 0 atom stereocenters. The summed E-state index contributed by atoms with van der Waals surface area (Å²) < 4.78 is 10.1. The van der Waals surface area contributed by atoms with E-state index in [9.17, 15) is 9.59 Å². The van der Waals surface area contributed by atoms with Crippen molar-refractivity contribution in [3.05, 3.63) is 59.7 Å². The van der Waals surface area contributed by atoms with Crippen molar-refractivity contribution in [2.45, 2.75) is 52.6 Å². The summed E-state index contributed by atoms with van der Waals surface area (Å²) in [6.07, 6.45) is 0. The zero-order valence-electron chi connectivity index (χ0n) is 24.8. The minimum Gasteiger partial charge on any atom is -0.462 e. The first-order valence-electron chi connectivity index (χ1n) is 13.9. The molecule has 0 spiro atoms. The quantitative estimate of drug-likeness (QED) is 0.278. The highest BCUT2D eigenvalue weighted by Gasteiger charge is 2.43. The van der Waals surface area contributed by atoms with Gasteiger partial charge in [-0.1, -0.05) is 10.4 Å². The third kappa shape index (κ3) is 7.65. The smallest absolute Gasteiger partial charge is 0.338 e. The van der Waals surface area contributed by atoms with Crippen molar-refractivity contribution in [1.29, 1.82) is 0 Å². The fourth-order valence-electron chi connectivity index (χ4n) is 4.76. The van der Waals surface area contributed by atoms with Crippen LogP contribution in [0.4, 0.5) is 11.4 Å². The van der Waals surface area contributed by atoms with Crippen molar-refractivity contribution in [1.82, 2.24) is 19.8 Å². The molecule has 2 aliphatic heterocycles. The van der Waals surface area contributed by atoms with E-state index in [4.69, 9.17) is 9.47 Å². The summed E-state index contributed by atoms with van der Waals surface area (Å²) >= 11 is 0. The average molecular weight is 565 g/mol. The first-order valence-corrected chi connectivity index (χ1v) is 13.9. The van der Waals surface area contributed by atoms with Crippen molar-refractivity contribution in [3.63, 3.8) is 0 Å². The summed E-state index contributed by atoms with van der Waals surface area (Å²) in [6.45, 7) is 16.5. The van der Waals surface area contributed by atoms with E-state index in [0.717, 1.165) is 19.8 Å². The predicted octanol–water partition coefficient (Wildman–Crippen LogP) is 5.40. The summed E-state index contributed by atoms with van der Waals surface area (Å²) in [7, 11) is 0. The second-order valence-corrected chi connectivity index (χ2v) is 11.4. The highest BCUT2D eigenvalue weighted by atomic mass is 16.5. The number of carbonyl (C=O) groups is 2. The fraction of sp³-hybridized carbons (Fsp3) is 0.517. The minimum atomic E-state index is -0.345. The summed E-state index contributed by atoms with van der Waals surface area (Å²) in [4.78, 5) is 28.5. The number of hydrogen-bond donors (Lipinski definition) is 0. The Bertz CT molecular complexity index is 1160. The Balaban J connectivity index is 1.33. The van der Waals surface area contributed by atoms with Gasteiger partial charge in [0.2, 0.25) is 0 Å². The van der Waals surface area contributed by atoms with Crippen LogP contribution in [0.1, 0.15) is 62.3 Å². The normalized spacial score (nSPS) is 19.0. The Morgan fingerprint density at radius 3 is 1.39 bits per heavy atom. The third-order valence-electron chi connectivity index (χ3n) is 7.19. The molecular weight excluding hydrogens is 524 g/mol. The van der Waals surface area contributed by atoms with E-state index in [1.807, 2.05) is 10.0 Å². The lowest BCUT2D eigenvalue weighted by molar-refractivity contribution is 0.0416. The molecule has 2 aromatic carbocycles. The third-order valence-corrected chi connectivity index (χ3v) is 7.19. The van der Waals surface area contributed by atoms with E-state index >= 15 is 0 Å². The summed E-state index contributed by atoms with van der Waals surface area (Å²) in [5, 5.41) is 21.6. The van der Waals surface area contributed by atoms with Crippen LogP contribution >= 0.6 is 0 Å². The fourth-order valence-corrected chi connectivity index (χ4v) is 4.76. The lowest BCUT2D eigenvalue weighted by Gasteiger charge is -2.37. The van der Waals surface area contributed by atoms with Crippen LogP contribution in [0.2, 0.25) is 0 Å². The molecule has 4 rings (SSSR count). The monoisotopic (exact) mass is 564 g/mol. The first-order chi connectivity index (χ1) is 19.5. The number of rotatable bonds is 10. The molecule has 2 saturated heterocycles. The Morgan fingerprint density at radius 1 is 0.683 bits per heavy atom. The maximum absolute atomic E-state index is 11.9. The van der Waals surface area contributed by atoms with Crippen LogP contribution in [-0.4, -0.2) is 89.1 Å². The highest BCUT2D eigenvalue weighted by Crippen LogP contribution is 2.31. The van der Waals surface area contributed by atoms with Crippen LogP contribution < -0.4 is 0 Å². The van der Waals surface area contributed by atoms with E-state index in [1.54, 1.807) is 62.4 Å². The zero-order chi connectivity index (χ0) is 29.6. The number of nitrogens with zero attached hydrogens (tertiary/aromatic N) is 8. The van der Waals surface area contributed by atoms with Gasteiger partial charge in [-0.05, 0) is 90.1 Å².